The van der Waals surface area contributed by atoms with Gasteiger partial charge >= 0.3 is 0 Å². The van der Waals surface area contributed by atoms with E-state index < -0.39 is 10.0 Å². The van der Waals surface area contributed by atoms with Crippen LogP contribution in [0, 0.1) is 0 Å². The van der Waals surface area contributed by atoms with Crippen LogP contribution in [0.2, 0.25) is 5.02 Å². The molecule has 1 fully saturated rings. The second-order valence-electron chi connectivity index (χ2n) is 5.84. The van der Waals surface area contributed by atoms with Crippen LogP contribution in [0.25, 0.3) is 0 Å². The summed E-state index contributed by atoms with van der Waals surface area (Å²) in [6, 6.07) is 4.07. The Morgan fingerprint density at radius 3 is 2.50 bits per heavy atom. The minimum absolute atomic E-state index is 0.0108. The number of nitrogens with one attached hydrogen (secondary N) is 2. The van der Waals surface area contributed by atoms with Gasteiger partial charge in [0.1, 0.15) is 4.90 Å². The second kappa shape index (κ2) is 8.09. The van der Waals surface area contributed by atoms with Crippen LogP contribution < -0.4 is 10.0 Å². The number of rotatable bonds is 7. The fourth-order valence-electron chi connectivity index (χ4n) is 2.71. The molecule has 1 aromatic carbocycles. The van der Waals surface area contributed by atoms with Crippen molar-refractivity contribution < 1.29 is 18.0 Å². The van der Waals surface area contributed by atoms with Crippen molar-refractivity contribution in [2.45, 2.75) is 49.5 Å². The summed E-state index contributed by atoms with van der Waals surface area (Å²) < 4.78 is 27.7. The molecule has 0 bridgehead atoms. The van der Waals surface area contributed by atoms with E-state index in [2.05, 4.69) is 10.0 Å². The molecule has 6 nitrogen and oxygen atoms in total. The molecule has 0 radical (unpaired) electrons. The molecule has 8 heteroatoms. The van der Waals surface area contributed by atoms with E-state index in [4.69, 9.17) is 11.6 Å². The van der Waals surface area contributed by atoms with Crippen molar-refractivity contribution in [1.82, 2.24) is 10.0 Å². The Morgan fingerprint density at radius 1 is 1.21 bits per heavy atom. The van der Waals surface area contributed by atoms with Gasteiger partial charge in [0, 0.05) is 31.5 Å². The van der Waals surface area contributed by atoms with E-state index in [9.17, 15) is 18.0 Å². The molecule has 1 aliphatic rings. The summed E-state index contributed by atoms with van der Waals surface area (Å²) in [7, 11) is -2.29. The standard InChI is InChI=1S/C16H21ClN2O4S/c1-18-16(21)9-8-14(20)11-6-7-13(17)15(10-11)24(22,23)19-12-4-2-3-5-12/h6-7,10,12,19H,2-5,8-9H2,1H3,(H,18,21). The summed E-state index contributed by atoms with van der Waals surface area (Å²) in [5.41, 5.74) is 0.232. The van der Waals surface area contributed by atoms with Crippen molar-refractivity contribution in [1.29, 1.82) is 0 Å². The first kappa shape index (κ1) is 18.9. The molecule has 0 aliphatic heterocycles. The normalized spacial score (nSPS) is 15.4. The fourth-order valence-corrected chi connectivity index (χ4v) is 4.54. The summed E-state index contributed by atoms with van der Waals surface area (Å²) >= 11 is 6.03. The van der Waals surface area contributed by atoms with Crippen LogP contribution in [0.1, 0.15) is 48.9 Å². The van der Waals surface area contributed by atoms with Gasteiger partial charge in [-0.1, -0.05) is 24.4 Å². The van der Waals surface area contributed by atoms with Gasteiger partial charge in [-0.25, -0.2) is 13.1 Å². The molecule has 0 aromatic heterocycles. The number of carbonyl (C=O) groups excluding carboxylic acids is 2. The lowest BCUT2D eigenvalue weighted by Crippen LogP contribution is -2.32. The highest BCUT2D eigenvalue weighted by Crippen LogP contribution is 2.26. The largest absolute Gasteiger partial charge is 0.359 e. The average molecular weight is 373 g/mol. The number of Topliss-reactive ketones (excluding diaryl/α,β-unsaturated/α-hetero) is 1. The number of amides is 1. The van der Waals surface area contributed by atoms with Crippen LogP contribution in [0.15, 0.2) is 23.1 Å². The van der Waals surface area contributed by atoms with Gasteiger partial charge in [-0.2, -0.15) is 0 Å². The van der Waals surface area contributed by atoms with Gasteiger partial charge in [0.2, 0.25) is 15.9 Å². The SMILES string of the molecule is CNC(=O)CCC(=O)c1ccc(Cl)c(S(=O)(=O)NC2CCCC2)c1. The lowest BCUT2D eigenvalue weighted by Gasteiger charge is -2.14. The number of hydrogen-bond donors (Lipinski definition) is 2. The van der Waals surface area contributed by atoms with Crippen LogP contribution in [0.5, 0.6) is 0 Å². The van der Waals surface area contributed by atoms with Crippen molar-refractivity contribution in [3.8, 4) is 0 Å². The molecule has 1 amide bonds. The third kappa shape index (κ3) is 4.78. The highest BCUT2D eigenvalue weighted by Gasteiger charge is 2.25. The van der Waals surface area contributed by atoms with E-state index in [-0.39, 0.29) is 46.1 Å². The molecule has 1 aliphatic carbocycles. The maximum Gasteiger partial charge on any atom is 0.242 e. The van der Waals surface area contributed by atoms with E-state index in [1.54, 1.807) is 0 Å². The molecule has 0 saturated heterocycles. The van der Waals surface area contributed by atoms with Gasteiger partial charge in [-0.05, 0) is 31.0 Å². The maximum absolute atomic E-state index is 12.5. The van der Waals surface area contributed by atoms with E-state index in [0.717, 1.165) is 25.7 Å². The second-order valence-corrected chi connectivity index (χ2v) is 7.93. The first-order chi connectivity index (χ1) is 11.3. The topological polar surface area (TPSA) is 92.3 Å². The first-order valence-corrected chi connectivity index (χ1v) is 9.75. The Hall–Kier alpha value is -1.44. The molecule has 0 spiro atoms. The van der Waals surface area contributed by atoms with Crippen molar-refractivity contribution in [3.05, 3.63) is 28.8 Å². The van der Waals surface area contributed by atoms with Crippen LogP contribution >= 0.6 is 11.6 Å². The molecular formula is C16H21ClN2O4S. The number of sulfonamides is 1. The zero-order chi connectivity index (χ0) is 17.7. The molecule has 1 saturated carbocycles. The molecule has 1 aromatic rings. The van der Waals surface area contributed by atoms with Crippen molar-refractivity contribution in [3.63, 3.8) is 0 Å². The highest BCUT2D eigenvalue weighted by atomic mass is 35.5. The van der Waals surface area contributed by atoms with Gasteiger partial charge in [0.05, 0.1) is 5.02 Å². The van der Waals surface area contributed by atoms with E-state index in [1.807, 2.05) is 0 Å². The lowest BCUT2D eigenvalue weighted by molar-refractivity contribution is -0.120. The monoisotopic (exact) mass is 372 g/mol. The smallest absolute Gasteiger partial charge is 0.242 e. The van der Waals surface area contributed by atoms with Gasteiger partial charge in [0.25, 0.3) is 0 Å². The summed E-state index contributed by atoms with van der Waals surface area (Å²) in [6.45, 7) is 0. The van der Waals surface area contributed by atoms with Crippen molar-refractivity contribution >= 4 is 33.3 Å². The van der Waals surface area contributed by atoms with Crippen molar-refractivity contribution in [2.75, 3.05) is 7.05 Å². The molecule has 2 N–H and O–H groups in total. The van der Waals surface area contributed by atoms with Crippen LogP contribution in [-0.4, -0.2) is 33.2 Å². The number of benzene rings is 1. The van der Waals surface area contributed by atoms with Gasteiger partial charge in [-0.3, -0.25) is 9.59 Å². The minimum atomic E-state index is -3.78. The highest BCUT2D eigenvalue weighted by molar-refractivity contribution is 7.89. The van der Waals surface area contributed by atoms with Crippen LogP contribution in [0.3, 0.4) is 0 Å². The van der Waals surface area contributed by atoms with Gasteiger partial charge < -0.3 is 5.32 Å². The zero-order valence-electron chi connectivity index (χ0n) is 13.5. The van der Waals surface area contributed by atoms with Crippen LogP contribution in [-0.2, 0) is 14.8 Å². The molecule has 132 valence electrons. The first-order valence-electron chi connectivity index (χ1n) is 7.89. The third-order valence-electron chi connectivity index (χ3n) is 4.08. The Bertz CT molecular complexity index is 728. The summed E-state index contributed by atoms with van der Waals surface area (Å²) in [6.07, 6.45) is 3.68. The predicted molar refractivity (Wildman–Crippen MR) is 91.7 cm³/mol. The Labute approximate surface area is 147 Å². The van der Waals surface area contributed by atoms with Gasteiger partial charge in [0.15, 0.2) is 5.78 Å². The summed E-state index contributed by atoms with van der Waals surface area (Å²) in [5.74, 6) is -0.541. The molecule has 2 rings (SSSR count). The van der Waals surface area contributed by atoms with E-state index in [1.165, 1.54) is 25.2 Å². The summed E-state index contributed by atoms with van der Waals surface area (Å²) in [4.78, 5) is 23.3. The van der Waals surface area contributed by atoms with E-state index in [0.29, 0.717) is 0 Å². The summed E-state index contributed by atoms with van der Waals surface area (Å²) in [5, 5.41) is 2.51. The fraction of sp³-hybridized carbons (Fsp3) is 0.500. The van der Waals surface area contributed by atoms with Crippen molar-refractivity contribution in [2.24, 2.45) is 0 Å². The molecule has 0 atom stereocenters. The Morgan fingerprint density at radius 2 is 1.88 bits per heavy atom. The zero-order valence-corrected chi connectivity index (χ0v) is 15.0. The van der Waals surface area contributed by atoms with Gasteiger partial charge in [-0.15, -0.1) is 0 Å². The third-order valence-corrected chi connectivity index (χ3v) is 6.08. The maximum atomic E-state index is 12.5. The molecule has 0 heterocycles. The van der Waals surface area contributed by atoms with E-state index >= 15 is 0 Å². The van der Waals surface area contributed by atoms with Crippen LogP contribution in [0.4, 0.5) is 0 Å². The Balaban J connectivity index is 2.18. The minimum Gasteiger partial charge on any atom is -0.359 e. The molecule has 24 heavy (non-hydrogen) atoms. The number of ketones is 1. The molecule has 0 unspecified atom stereocenters. The number of carbonyl (C=O) groups is 2. The quantitative estimate of drug-likeness (QED) is 0.718. The molecular weight excluding hydrogens is 352 g/mol. The predicted octanol–water partition coefficient (Wildman–Crippen LogP) is 2.27. The Kier molecular flexibility index (Phi) is 6.37. The number of hydrogen-bond acceptors (Lipinski definition) is 4. The number of halogens is 1. The average Bonchev–Trinajstić information content (AvgIpc) is 3.04. The lowest BCUT2D eigenvalue weighted by atomic mass is 10.1.